The fourth-order valence-electron chi connectivity index (χ4n) is 2.85. The van der Waals surface area contributed by atoms with Crippen molar-refractivity contribution in [1.82, 2.24) is 19.7 Å². The molecule has 3 aromatic rings. The van der Waals surface area contributed by atoms with E-state index in [1.807, 2.05) is 5.38 Å². The number of hydrogen-bond acceptors (Lipinski definition) is 5. The lowest BCUT2D eigenvalue weighted by Gasteiger charge is -2.15. The minimum absolute atomic E-state index is 0.166. The number of hydrogen-bond donors (Lipinski definition) is 1. The Balaban J connectivity index is 1.82. The van der Waals surface area contributed by atoms with Crippen molar-refractivity contribution in [2.45, 2.75) is 52.5 Å². The first-order valence-electron chi connectivity index (χ1n) is 9.11. The van der Waals surface area contributed by atoms with Crippen LogP contribution in [0.4, 0.5) is 5.13 Å². The molecule has 0 radical (unpaired) electrons. The van der Waals surface area contributed by atoms with Gasteiger partial charge in [0.05, 0.1) is 5.69 Å². The summed E-state index contributed by atoms with van der Waals surface area (Å²) in [7, 11) is 0. The smallest absolute Gasteiger partial charge is 0.250 e. The zero-order valence-corrected chi connectivity index (χ0v) is 17.1. The van der Waals surface area contributed by atoms with Gasteiger partial charge in [0.1, 0.15) is 18.7 Å². The lowest BCUT2D eigenvalue weighted by molar-refractivity contribution is -0.119. The number of nitrogens with one attached hydrogen (secondary N) is 1. The third kappa shape index (κ3) is 4.24. The molecule has 1 atom stereocenters. The van der Waals surface area contributed by atoms with Crippen molar-refractivity contribution in [1.29, 1.82) is 0 Å². The Morgan fingerprint density at radius 2 is 1.93 bits per heavy atom. The molecule has 3 rings (SSSR count). The molecule has 1 unspecified atom stereocenters. The number of anilines is 1. The SMILES string of the molecule is CC(C)c1ccc(-c2csc(NC(=O)C(C)n3cncn3)n2)c(C(C)C)c1. The summed E-state index contributed by atoms with van der Waals surface area (Å²) < 4.78 is 1.52. The Morgan fingerprint density at radius 3 is 2.56 bits per heavy atom. The number of amides is 1. The third-order valence-corrected chi connectivity index (χ3v) is 5.35. The lowest BCUT2D eigenvalue weighted by Crippen LogP contribution is -2.23. The van der Waals surface area contributed by atoms with Gasteiger partial charge < -0.3 is 5.32 Å². The number of aromatic nitrogens is 4. The van der Waals surface area contributed by atoms with Gasteiger partial charge in [-0.15, -0.1) is 11.3 Å². The van der Waals surface area contributed by atoms with Crippen LogP contribution < -0.4 is 5.32 Å². The van der Waals surface area contributed by atoms with E-state index in [2.05, 4.69) is 66.3 Å². The molecule has 0 spiro atoms. The molecule has 6 nitrogen and oxygen atoms in total. The summed E-state index contributed by atoms with van der Waals surface area (Å²) in [5.41, 5.74) is 4.62. The van der Waals surface area contributed by atoms with Crippen LogP contribution in [0.1, 0.15) is 63.6 Å². The highest BCUT2D eigenvalue weighted by molar-refractivity contribution is 7.14. The average Bonchev–Trinajstić information content (AvgIpc) is 3.32. The van der Waals surface area contributed by atoms with Gasteiger partial charge in [0.2, 0.25) is 0 Å². The van der Waals surface area contributed by atoms with Crippen LogP contribution in [0, 0.1) is 0 Å². The molecule has 0 saturated heterocycles. The quantitative estimate of drug-likeness (QED) is 0.660. The Morgan fingerprint density at radius 1 is 1.15 bits per heavy atom. The summed E-state index contributed by atoms with van der Waals surface area (Å²) in [6.07, 6.45) is 2.95. The van der Waals surface area contributed by atoms with E-state index in [1.165, 1.54) is 39.8 Å². The lowest BCUT2D eigenvalue weighted by atomic mass is 9.90. The second kappa shape index (κ2) is 8.00. The zero-order chi connectivity index (χ0) is 19.6. The van der Waals surface area contributed by atoms with Crippen molar-refractivity contribution in [2.24, 2.45) is 0 Å². The van der Waals surface area contributed by atoms with E-state index >= 15 is 0 Å². The van der Waals surface area contributed by atoms with Crippen molar-refractivity contribution in [3.8, 4) is 11.3 Å². The van der Waals surface area contributed by atoms with Crippen LogP contribution in [0.15, 0.2) is 36.2 Å². The number of carbonyl (C=O) groups excluding carboxylic acids is 1. The summed E-state index contributed by atoms with van der Waals surface area (Å²) in [6.45, 7) is 10.6. The highest BCUT2D eigenvalue weighted by Crippen LogP contribution is 2.33. The van der Waals surface area contributed by atoms with Crippen molar-refractivity contribution in [3.63, 3.8) is 0 Å². The molecule has 0 aliphatic carbocycles. The number of rotatable bonds is 6. The summed E-state index contributed by atoms with van der Waals surface area (Å²) in [4.78, 5) is 20.9. The van der Waals surface area contributed by atoms with Crippen LogP contribution in [-0.2, 0) is 4.79 Å². The van der Waals surface area contributed by atoms with E-state index in [-0.39, 0.29) is 5.91 Å². The first-order chi connectivity index (χ1) is 12.9. The second-order valence-electron chi connectivity index (χ2n) is 7.23. The topological polar surface area (TPSA) is 72.7 Å². The predicted octanol–water partition coefficient (Wildman–Crippen LogP) is 4.85. The van der Waals surface area contributed by atoms with Gasteiger partial charge in [-0.3, -0.25) is 4.79 Å². The Hall–Kier alpha value is -2.54. The maximum absolute atomic E-state index is 12.4. The number of nitrogens with zero attached hydrogens (tertiary/aromatic N) is 4. The van der Waals surface area contributed by atoms with Gasteiger partial charge >= 0.3 is 0 Å². The molecular weight excluding hydrogens is 358 g/mol. The van der Waals surface area contributed by atoms with Crippen LogP contribution in [-0.4, -0.2) is 25.7 Å². The Kier molecular flexibility index (Phi) is 5.70. The first-order valence-corrected chi connectivity index (χ1v) is 9.99. The molecule has 2 aromatic heterocycles. The summed E-state index contributed by atoms with van der Waals surface area (Å²) in [6, 6.07) is 6.13. The maximum Gasteiger partial charge on any atom is 0.250 e. The summed E-state index contributed by atoms with van der Waals surface area (Å²) in [5, 5.41) is 9.47. The van der Waals surface area contributed by atoms with Crippen molar-refractivity contribution >= 4 is 22.4 Å². The van der Waals surface area contributed by atoms with Crippen molar-refractivity contribution < 1.29 is 4.79 Å². The van der Waals surface area contributed by atoms with E-state index in [0.717, 1.165) is 11.3 Å². The van der Waals surface area contributed by atoms with Gasteiger partial charge in [0, 0.05) is 10.9 Å². The summed E-state index contributed by atoms with van der Waals surface area (Å²) >= 11 is 1.43. The van der Waals surface area contributed by atoms with Crippen LogP contribution in [0.25, 0.3) is 11.3 Å². The minimum Gasteiger partial charge on any atom is -0.300 e. The summed E-state index contributed by atoms with van der Waals surface area (Å²) in [5.74, 6) is 0.714. The Bertz CT molecular complexity index is 914. The molecule has 0 saturated carbocycles. The molecule has 142 valence electrons. The normalized spacial score (nSPS) is 12.6. The van der Waals surface area contributed by atoms with Crippen molar-refractivity contribution in [2.75, 3.05) is 5.32 Å². The Labute approximate surface area is 163 Å². The fourth-order valence-corrected chi connectivity index (χ4v) is 3.57. The largest absolute Gasteiger partial charge is 0.300 e. The van der Waals surface area contributed by atoms with Gasteiger partial charge in [0.25, 0.3) is 5.91 Å². The molecule has 7 heteroatoms. The predicted molar refractivity (Wildman–Crippen MR) is 109 cm³/mol. The molecule has 2 heterocycles. The molecule has 1 aromatic carbocycles. The monoisotopic (exact) mass is 383 g/mol. The number of carbonyl (C=O) groups is 1. The van der Waals surface area contributed by atoms with Gasteiger partial charge in [0.15, 0.2) is 5.13 Å². The van der Waals surface area contributed by atoms with E-state index in [1.54, 1.807) is 6.92 Å². The van der Waals surface area contributed by atoms with E-state index in [0.29, 0.717) is 17.0 Å². The van der Waals surface area contributed by atoms with Crippen molar-refractivity contribution in [3.05, 3.63) is 47.4 Å². The number of benzene rings is 1. The van der Waals surface area contributed by atoms with E-state index in [4.69, 9.17) is 0 Å². The molecular formula is C20H25N5OS. The zero-order valence-electron chi connectivity index (χ0n) is 16.3. The molecule has 0 bridgehead atoms. The minimum atomic E-state index is -0.448. The van der Waals surface area contributed by atoms with E-state index in [9.17, 15) is 4.79 Å². The van der Waals surface area contributed by atoms with Gasteiger partial charge in [-0.25, -0.2) is 14.6 Å². The molecule has 27 heavy (non-hydrogen) atoms. The molecule has 0 aliphatic heterocycles. The molecule has 0 fully saturated rings. The molecule has 0 aliphatic rings. The third-order valence-electron chi connectivity index (χ3n) is 4.59. The van der Waals surface area contributed by atoms with Gasteiger partial charge in [-0.05, 0) is 29.9 Å². The highest BCUT2D eigenvalue weighted by Gasteiger charge is 2.18. The molecule has 1 amide bonds. The van der Waals surface area contributed by atoms with Crippen LogP contribution in [0.3, 0.4) is 0 Å². The van der Waals surface area contributed by atoms with E-state index < -0.39 is 6.04 Å². The average molecular weight is 384 g/mol. The standard InChI is InChI=1S/C20H25N5OS/c1-12(2)15-6-7-16(17(8-15)13(3)4)18-9-27-20(23-18)24-19(26)14(5)25-11-21-10-22-25/h6-14H,1-5H3,(H,23,24,26). The van der Waals surface area contributed by atoms with Crippen LogP contribution in [0.5, 0.6) is 0 Å². The molecule has 1 N–H and O–H groups in total. The van der Waals surface area contributed by atoms with Gasteiger partial charge in [-0.2, -0.15) is 5.10 Å². The highest BCUT2D eigenvalue weighted by atomic mass is 32.1. The maximum atomic E-state index is 12.4. The fraction of sp³-hybridized carbons (Fsp3) is 0.400. The van der Waals surface area contributed by atoms with Crippen LogP contribution >= 0.6 is 11.3 Å². The number of thiazole rings is 1. The van der Waals surface area contributed by atoms with Gasteiger partial charge in [-0.1, -0.05) is 45.9 Å². The van der Waals surface area contributed by atoms with Crippen LogP contribution in [0.2, 0.25) is 0 Å². The second-order valence-corrected chi connectivity index (χ2v) is 8.09. The first kappa shape index (κ1) is 19.2.